The molecule has 0 radical (unpaired) electrons. The van der Waals surface area contributed by atoms with Crippen molar-refractivity contribution in [1.29, 1.82) is 0 Å². The molecule has 0 saturated heterocycles. The van der Waals surface area contributed by atoms with Crippen molar-refractivity contribution in [2.45, 2.75) is 52.5 Å². The standard InChI is InChI=1S/C24H26N4O2/c1-3-6-18-12-13-20-19(15-18)25-21-22(26-24(30)27-23(21)29)28(20)14-5-7-17-10-8-16(4-2)9-11-17/h8-13,15H,3-7,14H2,1-2H3,(H,27,29,30). The fourth-order valence-corrected chi connectivity index (χ4v) is 3.90. The van der Waals surface area contributed by atoms with E-state index in [1.54, 1.807) is 0 Å². The first-order chi connectivity index (χ1) is 14.6. The van der Waals surface area contributed by atoms with Crippen molar-refractivity contribution < 1.29 is 0 Å². The zero-order valence-corrected chi connectivity index (χ0v) is 17.4. The Hall–Kier alpha value is -3.28. The first kappa shape index (κ1) is 20.0. The molecule has 0 atom stereocenters. The number of H-pyrrole nitrogens is 1. The molecule has 2 aromatic rings. The average molecular weight is 402 g/mol. The van der Waals surface area contributed by atoms with Crippen LogP contribution in [0.1, 0.15) is 43.4 Å². The van der Waals surface area contributed by atoms with Crippen molar-refractivity contribution >= 4 is 11.0 Å². The molecular weight excluding hydrogens is 376 g/mol. The molecule has 0 bridgehead atoms. The Morgan fingerprint density at radius 2 is 1.63 bits per heavy atom. The fourth-order valence-electron chi connectivity index (χ4n) is 3.90. The third kappa shape index (κ3) is 4.03. The first-order valence-electron chi connectivity index (χ1n) is 10.6. The van der Waals surface area contributed by atoms with Crippen LogP contribution in [-0.4, -0.2) is 19.5 Å². The van der Waals surface area contributed by atoms with Crippen molar-refractivity contribution in [3.8, 4) is 11.5 Å². The smallest absolute Gasteiger partial charge is 0.322 e. The number of benzene rings is 2. The molecule has 1 N–H and O–H groups in total. The molecule has 154 valence electrons. The highest BCUT2D eigenvalue weighted by Gasteiger charge is 2.18. The Kier molecular flexibility index (Phi) is 5.74. The lowest BCUT2D eigenvalue weighted by atomic mass is 10.1. The van der Waals surface area contributed by atoms with E-state index in [1.807, 2.05) is 16.7 Å². The molecule has 2 heterocycles. The van der Waals surface area contributed by atoms with Gasteiger partial charge in [-0.2, -0.15) is 4.98 Å². The predicted octanol–water partition coefficient (Wildman–Crippen LogP) is 3.73. The second-order valence-electron chi connectivity index (χ2n) is 7.65. The van der Waals surface area contributed by atoms with Gasteiger partial charge in [-0.1, -0.05) is 50.6 Å². The second kappa shape index (κ2) is 8.61. The van der Waals surface area contributed by atoms with E-state index in [1.165, 1.54) is 16.7 Å². The van der Waals surface area contributed by atoms with E-state index >= 15 is 0 Å². The summed E-state index contributed by atoms with van der Waals surface area (Å²) in [5, 5.41) is 0. The SMILES string of the molecule is CCCc1ccc2c(c1)nc1c(=O)[nH]c(=O)nc-1n2CCCc1ccc(CC)cc1. The molecule has 0 aliphatic carbocycles. The van der Waals surface area contributed by atoms with Crippen LogP contribution in [0.3, 0.4) is 0 Å². The number of aromatic nitrogens is 4. The van der Waals surface area contributed by atoms with E-state index in [-0.39, 0.29) is 5.69 Å². The number of aryl methyl sites for hydroxylation is 4. The molecule has 6 nitrogen and oxygen atoms in total. The van der Waals surface area contributed by atoms with Crippen molar-refractivity contribution in [3.63, 3.8) is 0 Å². The molecule has 2 aliphatic heterocycles. The van der Waals surface area contributed by atoms with Crippen molar-refractivity contribution in [1.82, 2.24) is 19.5 Å². The van der Waals surface area contributed by atoms with E-state index in [0.717, 1.165) is 43.1 Å². The van der Waals surface area contributed by atoms with E-state index in [0.29, 0.717) is 12.4 Å². The van der Waals surface area contributed by atoms with Crippen LogP contribution in [0.15, 0.2) is 52.1 Å². The lowest BCUT2D eigenvalue weighted by molar-refractivity contribution is 0.648. The fraction of sp³-hybridized carbons (Fsp3) is 0.333. The molecule has 4 rings (SSSR count). The normalized spacial score (nSPS) is 11.4. The number of aromatic amines is 1. The van der Waals surface area contributed by atoms with Crippen LogP contribution < -0.4 is 11.2 Å². The largest absolute Gasteiger partial charge is 0.349 e. The summed E-state index contributed by atoms with van der Waals surface area (Å²) in [5.74, 6) is 0.348. The highest BCUT2D eigenvalue weighted by Crippen LogP contribution is 2.23. The van der Waals surface area contributed by atoms with E-state index in [4.69, 9.17) is 0 Å². The molecule has 0 spiro atoms. The van der Waals surface area contributed by atoms with Crippen molar-refractivity contribution in [2.75, 3.05) is 0 Å². The topological polar surface area (TPSA) is 80.6 Å². The van der Waals surface area contributed by atoms with Crippen LogP contribution in [0.5, 0.6) is 0 Å². The van der Waals surface area contributed by atoms with Crippen LogP contribution >= 0.6 is 0 Å². The number of nitrogens with one attached hydrogen (secondary N) is 1. The van der Waals surface area contributed by atoms with Crippen LogP contribution in [0.25, 0.3) is 22.6 Å². The molecule has 0 unspecified atom stereocenters. The van der Waals surface area contributed by atoms with Gasteiger partial charge in [0.25, 0.3) is 5.56 Å². The van der Waals surface area contributed by atoms with Gasteiger partial charge in [0.1, 0.15) is 0 Å². The third-order valence-electron chi connectivity index (χ3n) is 5.49. The van der Waals surface area contributed by atoms with Gasteiger partial charge in [0, 0.05) is 6.54 Å². The molecule has 6 heteroatoms. The molecule has 2 aromatic carbocycles. The molecule has 0 fully saturated rings. The van der Waals surface area contributed by atoms with E-state index in [9.17, 15) is 9.59 Å². The van der Waals surface area contributed by atoms with Gasteiger partial charge in [-0.05, 0) is 54.5 Å². The molecule has 0 aromatic heterocycles. The predicted molar refractivity (Wildman–Crippen MR) is 119 cm³/mol. The number of fused-ring (bicyclic) bond motifs is 2. The number of hydrogen-bond acceptors (Lipinski definition) is 4. The maximum Gasteiger partial charge on any atom is 0.349 e. The Morgan fingerprint density at radius 3 is 2.37 bits per heavy atom. The summed E-state index contributed by atoms with van der Waals surface area (Å²) < 4.78 is 1.96. The minimum Gasteiger partial charge on any atom is -0.322 e. The lowest BCUT2D eigenvalue weighted by Crippen LogP contribution is -2.29. The summed E-state index contributed by atoms with van der Waals surface area (Å²) in [4.78, 5) is 35.1. The maximum absolute atomic E-state index is 12.4. The zero-order valence-electron chi connectivity index (χ0n) is 17.4. The van der Waals surface area contributed by atoms with Crippen LogP contribution in [-0.2, 0) is 25.8 Å². The van der Waals surface area contributed by atoms with Gasteiger partial charge in [-0.15, -0.1) is 0 Å². The third-order valence-corrected chi connectivity index (χ3v) is 5.49. The molecule has 0 saturated carbocycles. The highest BCUT2D eigenvalue weighted by molar-refractivity contribution is 5.80. The lowest BCUT2D eigenvalue weighted by Gasteiger charge is -2.17. The minimum atomic E-state index is -0.639. The van der Waals surface area contributed by atoms with Gasteiger partial charge >= 0.3 is 5.69 Å². The van der Waals surface area contributed by atoms with Crippen LogP contribution in [0.2, 0.25) is 0 Å². The van der Waals surface area contributed by atoms with E-state index < -0.39 is 11.2 Å². The number of nitrogens with zero attached hydrogens (tertiary/aromatic N) is 3. The average Bonchev–Trinajstić information content (AvgIpc) is 2.74. The Balaban J connectivity index is 1.72. The molecule has 2 aliphatic rings. The monoisotopic (exact) mass is 402 g/mol. The van der Waals surface area contributed by atoms with Crippen LogP contribution in [0.4, 0.5) is 0 Å². The summed E-state index contributed by atoms with van der Waals surface area (Å²) in [6.07, 6.45) is 4.80. The molecular formula is C24H26N4O2. The van der Waals surface area contributed by atoms with Gasteiger partial charge in [0.2, 0.25) is 0 Å². The highest BCUT2D eigenvalue weighted by atomic mass is 16.2. The van der Waals surface area contributed by atoms with Crippen LogP contribution in [0, 0.1) is 0 Å². The Bertz CT molecular complexity index is 1260. The summed E-state index contributed by atoms with van der Waals surface area (Å²) in [7, 11) is 0. The van der Waals surface area contributed by atoms with Crippen molar-refractivity contribution in [2.24, 2.45) is 0 Å². The summed E-state index contributed by atoms with van der Waals surface area (Å²) in [6.45, 7) is 4.93. The molecule has 30 heavy (non-hydrogen) atoms. The second-order valence-corrected chi connectivity index (χ2v) is 7.65. The minimum absolute atomic E-state index is 0.211. The van der Waals surface area contributed by atoms with E-state index in [2.05, 4.69) is 59.1 Å². The maximum atomic E-state index is 12.4. The quantitative estimate of drug-likeness (QED) is 0.478. The van der Waals surface area contributed by atoms with Gasteiger partial charge in [0.15, 0.2) is 11.5 Å². The Labute approximate surface area is 175 Å². The molecule has 0 amide bonds. The first-order valence-corrected chi connectivity index (χ1v) is 10.6. The van der Waals surface area contributed by atoms with Gasteiger partial charge in [-0.25, -0.2) is 9.78 Å². The number of rotatable bonds is 7. The van der Waals surface area contributed by atoms with Crippen molar-refractivity contribution in [3.05, 3.63) is 80.0 Å². The number of hydrogen-bond donors (Lipinski definition) is 1. The summed E-state index contributed by atoms with van der Waals surface area (Å²) >= 11 is 0. The van der Waals surface area contributed by atoms with Gasteiger partial charge in [-0.3, -0.25) is 9.78 Å². The summed E-state index contributed by atoms with van der Waals surface area (Å²) in [6, 6.07) is 14.8. The van der Waals surface area contributed by atoms with Gasteiger partial charge < -0.3 is 4.57 Å². The Morgan fingerprint density at radius 1 is 0.900 bits per heavy atom. The zero-order chi connectivity index (χ0) is 21.1. The van der Waals surface area contributed by atoms with Gasteiger partial charge in [0.05, 0.1) is 11.0 Å². The summed E-state index contributed by atoms with van der Waals surface area (Å²) in [5.41, 5.74) is 4.52.